The minimum atomic E-state index is -1.11. The van der Waals surface area contributed by atoms with Gasteiger partial charge in [0.25, 0.3) is 5.91 Å². The molecule has 1 fully saturated rings. The van der Waals surface area contributed by atoms with Gasteiger partial charge in [0.15, 0.2) is 0 Å². The van der Waals surface area contributed by atoms with E-state index in [0.29, 0.717) is 19.8 Å². The van der Waals surface area contributed by atoms with Gasteiger partial charge in [-0.15, -0.1) is 0 Å². The molecule has 1 aliphatic heterocycles. The van der Waals surface area contributed by atoms with Crippen molar-refractivity contribution in [3.63, 3.8) is 0 Å². The molecule has 8 nitrogen and oxygen atoms in total. The van der Waals surface area contributed by atoms with Crippen molar-refractivity contribution in [1.82, 2.24) is 10.2 Å². The summed E-state index contributed by atoms with van der Waals surface area (Å²) in [6, 6.07) is 9.06. The molecule has 2 N–H and O–H groups in total. The van der Waals surface area contributed by atoms with Crippen LogP contribution < -0.4 is 5.32 Å². The van der Waals surface area contributed by atoms with Crippen LogP contribution in [-0.4, -0.2) is 72.7 Å². The van der Waals surface area contributed by atoms with Crippen LogP contribution in [0.1, 0.15) is 26.3 Å². The predicted molar refractivity (Wildman–Crippen MR) is 103 cm³/mol. The number of aliphatic hydroxyl groups excluding tert-OH is 1. The zero-order chi connectivity index (χ0) is 20.6. The number of carbonyl (C=O) groups excluding carboxylic acids is 2. The Morgan fingerprint density at radius 2 is 2.04 bits per heavy atom. The molecule has 2 atom stereocenters. The van der Waals surface area contributed by atoms with E-state index in [4.69, 9.17) is 14.2 Å². The van der Waals surface area contributed by atoms with E-state index in [9.17, 15) is 14.7 Å². The minimum absolute atomic E-state index is 0.0825. The number of carbonyl (C=O) groups is 2. The number of nitrogens with one attached hydrogen (secondary N) is 1. The summed E-state index contributed by atoms with van der Waals surface area (Å²) in [6.45, 7) is 6.38. The number of benzene rings is 1. The fourth-order valence-electron chi connectivity index (χ4n) is 2.76. The van der Waals surface area contributed by atoms with E-state index >= 15 is 0 Å². The number of rotatable bonds is 7. The SMILES string of the molecule is CC(C)(C)NC(=O)O[C@H](COCc1ccccc1)C(=O)N1CCOCC1CO. The predicted octanol–water partition coefficient (Wildman–Crippen LogP) is 1.32. The second-order valence-electron chi connectivity index (χ2n) is 7.71. The van der Waals surface area contributed by atoms with E-state index in [1.807, 2.05) is 51.1 Å². The Morgan fingerprint density at radius 3 is 2.68 bits per heavy atom. The topological polar surface area (TPSA) is 97.3 Å². The first-order valence-corrected chi connectivity index (χ1v) is 9.39. The van der Waals surface area contributed by atoms with Gasteiger partial charge in [0.05, 0.1) is 39.1 Å². The summed E-state index contributed by atoms with van der Waals surface area (Å²) < 4.78 is 16.3. The highest BCUT2D eigenvalue weighted by atomic mass is 16.6. The van der Waals surface area contributed by atoms with Crippen LogP contribution in [-0.2, 0) is 25.6 Å². The Kier molecular flexibility index (Phi) is 8.22. The van der Waals surface area contributed by atoms with Crippen molar-refractivity contribution in [1.29, 1.82) is 0 Å². The molecular weight excluding hydrogens is 364 g/mol. The summed E-state index contributed by atoms with van der Waals surface area (Å²) in [4.78, 5) is 26.7. The number of hydrogen-bond acceptors (Lipinski definition) is 6. The summed E-state index contributed by atoms with van der Waals surface area (Å²) in [5.74, 6) is -0.403. The van der Waals surface area contributed by atoms with Crippen LogP contribution in [0.15, 0.2) is 30.3 Å². The largest absolute Gasteiger partial charge is 0.434 e. The second kappa shape index (κ2) is 10.4. The third kappa shape index (κ3) is 7.10. The van der Waals surface area contributed by atoms with Gasteiger partial charge in [-0.1, -0.05) is 30.3 Å². The van der Waals surface area contributed by atoms with E-state index in [0.717, 1.165) is 5.56 Å². The smallest absolute Gasteiger partial charge is 0.408 e. The van der Waals surface area contributed by atoms with Crippen LogP contribution in [0.4, 0.5) is 4.79 Å². The molecule has 1 unspecified atom stereocenters. The van der Waals surface area contributed by atoms with Gasteiger partial charge in [-0.2, -0.15) is 0 Å². The van der Waals surface area contributed by atoms with Gasteiger partial charge >= 0.3 is 6.09 Å². The van der Waals surface area contributed by atoms with Crippen LogP contribution >= 0.6 is 0 Å². The number of ether oxygens (including phenoxy) is 3. The molecule has 0 spiro atoms. The summed E-state index contributed by atoms with van der Waals surface area (Å²) in [7, 11) is 0. The molecule has 8 heteroatoms. The van der Waals surface area contributed by atoms with Crippen LogP contribution in [0, 0.1) is 0 Å². The average molecular weight is 394 g/mol. The standard InChI is InChI=1S/C20H30N2O6/c1-20(2,3)21-19(25)28-17(14-27-12-15-7-5-4-6-8-15)18(24)22-9-10-26-13-16(22)11-23/h4-8,16-17,23H,9-14H2,1-3H3,(H,21,25)/t16?,17-/m1/s1. The van der Waals surface area contributed by atoms with E-state index in [1.54, 1.807) is 0 Å². The fraction of sp³-hybridized carbons (Fsp3) is 0.600. The molecule has 2 amide bonds. The Morgan fingerprint density at radius 1 is 1.32 bits per heavy atom. The summed E-state index contributed by atoms with van der Waals surface area (Å²) in [5, 5.41) is 12.2. The lowest BCUT2D eigenvalue weighted by atomic mass is 10.1. The van der Waals surface area contributed by atoms with Crippen molar-refractivity contribution in [3.05, 3.63) is 35.9 Å². The molecule has 1 aromatic carbocycles. The number of amides is 2. The number of aliphatic hydroxyl groups is 1. The maximum Gasteiger partial charge on any atom is 0.408 e. The lowest BCUT2D eigenvalue weighted by Gasteiger charge is -2.36. The molecule has 0 aromatic heterocycles. The van der Waals surface area contributed by atoms with Gasteiger partial charge in [0, 0.05) is 12.1 Å². The lowest BCUT2D eigenvalue weighted by Crippen LogP contribution is -2.55. The highest BCUT2D eigenvalue weighted by Crippen LogP contribution is 2.12. The Hall–Kier alpha value is -2.16. The van der Waals surface area contributed by atoms with Crippen molar-refractivity contribution in [3.8, 4) is 0 Å². The second-order valence-corrected chi connectivity index (χ2v) is 7.71. The molecule has 0 bridgehead atoms. The van der Waals surface area contributed by atoms with E-state index in [2.05, 4.69) is 5.32 Å². The summed E-state index contributed by atoms with van der Waals surface area (Å²) >= 11 is 0. The van der Waals surface area contributed by atoms with Crippen molar-refractivity contribution in [2.24, 2.45) is 0 Å². The van der Waals surface area contributed by atoms with E-state index in [-0.39, 0.29) is 19.8 Å². The average Bonchev–Trinajstić information content (AvgIpc) is 2.66. The molecule has 28 heavy (non-hydrogen) atoms. The van der Waals surface area contributed by atoms with E-state index < -0.39 is 29.7 Å². The third-order valence-corrected chi connectivity index (χ3v) is 4.10. The molecule has 0 saturated carbocycles. The van der Waals surface area contributed by atoms with Gasteiger partial charge in [-0.25, -0.2) is 4.79 Å². The molecule has 0 aliphatic carbocycles. The molecule has 2 rings (SSSR count). The van der Waals surface area contributed by atoms with Gasteiger partial charge in [0.1, 0.15) is 0 Å². The molecule has 1 heterocycles. The zero-order valence-corrected chi connectivity index (χ0v) is 16.7. The highest BCUT2D eigenvalue weighted by Gasteiger charge is 2.34. The first-order chi connectivity index (χ1) is 13.3. The molecule has 1 aromatic rings. The Bertz CT molecular complexity index is 631. The number of alkyl carbamates (subject to hydrolysis) is 1. The molecule has 0 radical (unpaired) electrons. The number of morpholine rings is 1. The maximum absolute atomic E-state index is 13.0. The molecule has 1 saturated heterocycles. The first-order valence-electron chi connectivity index (χ1n) is 9.39. The van der Waals surface area contributed by atoms with Gasteiger partial charge in [-0.05, 0) is 26.3 Å². The van der Waals surface area contributed by atoms with Crippen molar-refractivity contribution in [2.75, 3.05) is 33.0 Å². The monoisotopic (exact) mass is 394 g/mol. The van der Waals surface area contributed by atoms with Crippen LogP contribution in [0.25, 0.3) is 0 Å². The normalized spacial score (nSPS) is 18.4. The maximum atomic E-state index is 13.0. The number of nitrogens with zero attached hydrogens (tertiary/aromatic N) is 1. The quantitative estimate of drug-likeness (QED) is 0.724. The van der Waals surface area contributed by atoms with Crippen molar-refractivity contribution in [2.45, 2.75) is 45.1 Å². The fourth-order valence-corrected chi connectivity index (χ4v) is 2.76. The highest BCUT2D eigenvalue weighted by molar-refractivity contribution is 5.84. The van der Waals surface area contributed by atoms with Crippen molar-refractivity contribution >= 4 is 12.0 Å². The Balaban J connectivity index is 2.03. The Labute approximate surface area is 165 Å². The molecular formula is C20H30N2O6. The van der Waals surface area contributed by atoms with Gasteiger partial charge < -0.3 is 29.5 Å². The van der Waals surface area contributed by atoms with Crippen molar-refractivity contribution < 1.29 is 28.9 Å². The van der Waals surface area contributed by atoms with Gasteiger partial charge in [-0.3, -0.25) is 4.79 Å². The van der Waals surface area contributed by atoms with E-state index in [1.165, 1.54) is 4.90 Å². The van der Waals surface area contributed by atoms with Gasteiger partial charge in [0.2, 0.25) is 6.10 Å². The molecule has 1 aliphatic rings. The third-order valence-electron chi connectivity index (χ3n) is 4.10. The minimum Gasteiger partial charge on any atom is -0.434 e. The first kappa shape index (κ1) is 22.1. The lowest BCUT2D eigenvalue weighted by molar-refractivity contribution is -0.154. The van der Waals surface area contributed by atoms with Crippen LogP contribution in [0.3, 0.4) is 0 Å². The molecule has 156 valence electrons. The summed E-state index contributed by atoms with van der Waals surface area (Å²) in [6.07, 6.45) is -1.80. The summed E-state index contributed by atoms with van der Waals surface area (Å²) in [5.41, 5.74) is 0.453. The van der Waals surface area contributed by atoms with Crippen LogP contribution in [0.5, 0.6) is 0 Å². The zero-order valence-electron chi connectivity index (χ0n) is 16.7. The number of hydrogen-bond donors (Lipinski definition) is 2. The van der Waals surface area contributed by atoms with Crippen LogP contribution in [0.2, 0.25) is 0 Å².